The number of hydrogen-bond acceptors (Lipinski definition) is 2. The van der Waals surface area contributed by atoms with Gasteiger partial charge in [0.1, 0.15) is 5.75 Å². The first-order valence-electron chi connectivity index (χ1n) is 7.09. The van der Waals surface area contributed by atoms with Crippen LogP contribution in [0.4, 0.5) is 0 Å². The third-order valence-corrected chi connectivity index (χ3v) is 4.56. The van der Waals surface area contributed by atoms with Gasteiger partial charge in [-0.3, -0.25) is 4.90 Å². The molecule has 1 N–H and O–H groups in total. The summed E-state index contributed by atoms with van der Waals surface area (Å²) in [6, 6.07) is 8.64. The molecule has 0 spiro atoms. The number of aromatic hydroxyl groups is 1. The second kappa shape index (κ2) is 5.75. The predicted octanol–water partition coefficient (Wildman–Crippen LogP) is 3.96. The molecule has 1 aliphatic rings. The largest absolute Gasteiger partial charge is 0.508 e. The maximum absolute atomic E-state index is 9.94. The summed E-state index contributed by atoms with van der Waals surface area (Å²) in [4.78, 5) is 2.43. The molecular formula is C16H25NO. The second-order valence-corrected chi connectivity index (χ2v) is 5.81. The van der Waals surface area contributed by atoms with Crippen LogP contribution in [0.3, 0.4) is 0 Å². The average Bonchev–Trinajstić information content (AvgIpc) is 2.38. The van der Waals surface area contributed by atoms with Crippen LogP contribution in [0.1, 0.15) is 51.1 Å². The summed E-state index contributed by atoms with van der Waals surface area (Å²) in [7, 11) is 2.19. The van der Waals surface area contributed by atoms with Crippen LogP contribution < -0.4 is 0 Å². The van der Waals surface area contributed by atoms with Crippen LogP contribution in [-0.4, -0.2) is 23.1 Å². The molecule has 1 unspecified atom stereocenters. The van der Waals surface area contributed by atoms with Crippen LogP contribution in [-0.2, 0) is 0 Å². The molecule has 0 amide bonds. The Balaban J connectivity index is 2.05. The Morgan fingerprint density at radius 1 is 1.17 bits per heavy atom. The minimum atomic E-state index is 0.282. The zero-order valence-corrected chi connectivity index (χ0v) is 11.8. The zero-order chi connectivity index (χ0) is 13.1. The monoisotopic (exact) mass is 247 g/mol. The van der Waals surface area contributed by atoms with Gasteiger partial charge in [-0.25, -0.2) is 0 Å². The number of phenolic OH excluding ortho intramolecular Hbond substituents is 1. The van der Waals surface area contributed by atoms with Crippen molar-refractivity contribution in [3.05, 3.63) is 29.8 Å². The maximum Gasteiger partial charge on any atom is 0.120 e. The number of hydrogen-bond donors (Lipinski definition) is 1. The fraction of sp³-hybridized carbons (Fsp3) is 0.625. The number of nitrogens with zero attached hydrogens (tertiary/aromatic N) is 1. The van der Waals surface area contributed by atoms with Gasteiger partial charge >= 0.3 is 0 Å². The maximum atomic E-state index is 9.94. The van der Waals surface area contributed by atoms with Crippen LogP contribution >= 0.6 is 0 Å². The molecule has 1 aromatic carbocycles. The van der Waals surface area contributed by atoms with Gasteiger partial charge in [0.05, 0.1) is 0 Å². The molecule has 1 fully saturated rings. The Morgan fingerprint density at radius 2 is 1.78 bits per heavy atom. The fourth-order valence-electron chi connectivity index (χ4n) is 3.03. The topological polar surface area (TPSA) is 23.5 Å². The molecule has 2 heteroatoms. The summed E-state index contributed by atoms with van der Waals surface area (Å²) < 4.78 is 0. The SMILES string of the molecule is CC1CCC(N(C)C(C)c2ccccc2O)CC1. The lowest BCUT2D eigenvalue weighted by molar-refractivity contribution is 0.130. The first-order chi connectivity index (χ1) is 8.59. The van der Waals surface area contributed by atoms with Crippen molar-refractivity contribution < 1.29 is 5.11 Å². The van der Waals surface area contributed by atoms with Crippen LogP contribution in [0.2, 0.25) is 0 Å². The van der Waals surface area contributed by atoms with Gasteiger partial charge in [0.25, 0.3) is 0 Å². The molecule has 2 rings (SSSR count). The van der Waals surface area contributed by atoms with Gasteiger partial charge in [-0.15, -0.1) is 0 Å². The van der Waals surface area contributed by atoms with E-state index < -0.39 is 0 Å². The number of phenols is 1. The Bertz CT molecular complexity index is 382. The summed E-state index contributed by atoms with van der Waals surface area (Å²) in [6.45, 7) is 4.54. The molecule has 1 aliphatic carbocycles. The first-order valence-corrected chi connectivity index (χ1v) is 7.09. The molecule has 1 saturated carbocycles. The van der Waals surface area contributed by atoms with Crippen molar-refractivity contribution in [2.45, 2.75) is 51.6 Å². The molecule has 0 aliphatic heterocycles. The van der Waals surface area contributed by atoms with E-state index in [4.69, 9.17) is 0 Å². The molecule has 0 saturated heterocycles. The first kappa shape index (κ1) is 13.4. The molecule has 0 bridgehead atoms. The Labute approximate surface area is 111 Å². The standard InChI is InChI=1S/C16H25NO/c1-12-8-10-14(11-9-12)17(3)13(2)15-6-4-5-7-16(15)18/h4-7,12-14,18H,8-11H2,1-3H3. The Hall–Kier alpha value is -1.02. The van der Waals surface area contributed by atoms with Crippen molar-refractivity contribution in [2.75, 3.05) is 7.05 Å². The Kier molecular flexibility index (Phi) is 4.28. The molecule has 18 heavy (non-hydrogen) atoms. The lowest BCUT2D eigenvalue weighted by atomic mass is 9.86. The van der Waals surface area contributed by atoms with E-state index in [0.717, 1.165) is 11.5 Å². The zero-order valence-electron chi connectivity index (χ0n) is 11.8. The van der Waals surface area contributed by atoms with Crippen LogP contribution in [0.25, 0.3) is 0 Å². The molecule has 100 valence electrons. The van der Waals surface area contributed by atoms with Gasteiger partial charge in [-0.1, -0.05) is 25.1 Å². The van der Waals surface area contributed by atoms with E-state index in [0.29, 0.717) is 11.8 Å². The summed E-state index contributed by atoms with van der Waals surface area (Å²) in [5.41, 5.74) is 1.04. The molecule has 0 aromatic heterocycles. The third-order valence-electron chi connectivity index (χ3n) is 4.56. The van der Waals surface area contributed by atoms with Crippen molar-refractivity contribution in [2.24, 2.45) is 5.92 Å². The highest BCUT2D eigenvalue weighted by atomic mass is 16.3. The highest BCUT2D eigenvalue weighted by Crippen LogP contribution is 2.33. The molecular weight excluding hydrogens is 222 g/mol. The predicted molar refractivity (Wildman–Crippen MR) is 75.7 cm³/mol. The highest BCUT2D eigenvalue weighted by Gasteiger charge is 2.26. The van der Waals surface area contributed by atoms with Crippen molar-refractivity contribution >= 4 is 0 Å². The fourth-order valence-corrected chi connectivity index (χ4v) is 3.03. The van der Waals surface area contributed by atoms with Crippen LogP contribution in [0.15, 0.2) is 24.3 Å². The third kappa shape index (κ3) is 2.86. The van der Waals surface area contributed by atoms with E-state index in [-0.39, 0.29) is 6.04 Å². The number of rotatable bonds is 3. The molecule has 0 radical (unpaired) electrons. The molecule has 0 heterocycles. The van der Waals surface area contributed by atoms with Gasteiger partial charge in [-0.2, -0.15) is 0 Å². The van der Waals surface area contributed by atoms with Gasteiger partial charge in [-0.05, 0) is 51.6 Å². The lowest BCUT2D eigenvalue weighted by Gasteiger charge is -2.37. The molecule has 1 aromatic rings. The van der Waals surface area contributed by atoms with E-state index in [1.54, 1.807) is 6.07 Å². The Morgan fingerprint density at radius 3 is 2.39 bits per heavy atom. The van der Waals surface area contributed by atoms with Crippen molar-refractivity contribution in [3.63, 3.8) is 0 Å². The number of para-hydroxylation sites is 1. The lowest BCUT2D eigenvalue weighted by Crippen LogP contribution is -2.36. The van der Waals surface area contributed by atoms with Gasteiger partial charge in [0, 0.05) is 17.6 Å². The highest BCUT2D eigenvalue weighted by molar-refractivity contribution is 5.34. The van der Waals surface area contributed by atoms with Gasteiger partial charge in [0.2, 0.25) is 0 Å². The molecule has 1 atom stereocenters. The summed E-state index contributed by atoms with van der Waals surface area (Å²) in [5, 5.41) is 9.94. The summed E-state index contributed by atoms with van der Waals surface area (Å²) in [5.74, 6) is 1.30. The van der Waals surface area contributed by atoms with Crippen molar-refractivity contribution in [1.82, 2.24) is 4.90 Å². The van der Waals surface area contributed by atoms with Crippen molar-refractivity contribution in [3.8, 4) is 5.75 Å². The smallest absolute Gasteiger partial charge is 0.120 e. The van der Waals surface area contributed by atoms with Crippen LogP contribution in [0, 0.1) is 5.92 Å². The van der Waals surface area contributed by atoms with E-state index in [1.165, 1.54) is 25.7 Å². The minimum absolute atomic E-state index is 0.282. The van der Waals surface area contributed by atoms with E-state index in [2.05, 4.69) is 25.8 Å². The van der Waals surface area contributed by atoms with Crippen LogP contribution in [0.5, 0.6) is 5.75 Å². The summed E-state index contributed by atoms with van der Waals surface area (Å²) >= 11 is 0. The molecule has 2 nitrogen and oxygen atoms in total. The van der Waals surface area contributed by atoms with E-state index in [9.17, 15) is 5.11 Å². The van der Waals surface area contributed by atoms with Crippen molar-refractivity contribution in [1.29, 1.82) is 0 Å². The van der Waals surface area contributed by atoms with Gasteiger partial charge in [0.15, 0.2) is 0 Å². The average molecular weight is 247 g/mol. The normalized spacial score (nSPS) is 26.2. The number of benzene rings is 1. The second-order valence-electron chi connectivity index (χ2n) is 5.81. The van der Waals surface area contributed by atoms with E-state index >= 15 is 0 Å². The quantitative estimate of drug-likeness (QED) is 0.873. The van der Waals surface area contributed by atoms with Gasteiger partial charge < -0.3 is 5.11 Å². The van der Waals surface area contributed by atoms with E-state index in [1.807, 2.05) is 18.2 Å². The summed E-state index contributed by atoms with van der Waals surface area (Å²) in [6.07, 6.45) is 5.25. The minimum Gasteiger partial charge on any atom is -0.508 e.